The van der Waals surface area contributed by atoms with Crippen molar-refractivity contribution in [3.8, 4) is 0 Å². The Morgan fingerprint density at radius 1 is 1.40 bits per heavy atom. The fourth-order valence-corrected chi connectivity index (χ4v) is 2.75. The van der Waals surface area contributed by atoms with E-state index < -0.39 is 0 Å². The van der Waals surface area contributed by atoms with E-state index in [1.807, 2.05) is 24.0 Å². The van der Waals surface area contributed by atoms with Gasteiger partial charge in [-0.2, -0.15) is 11.8 Å². The molecule has 0 spiro atoms. The van der Waals surface area contributed by atoms with Crippen LogP contribution >= 0.6 is 11.8 Å². The first-order valence-electron chi connectivity index (χ1n) is 5.38. The predicted molar refractivity (Wildman–Crippen MR) is 66.3 cm³/mol. The fourth-order valence-electron chi connectivity index (χ4n) is 1.86. The number of pyridine rings is 1. The second kappa shape index (κ2) is 5.37. The van der Waals surface area contributed by atoms with Gasteiger partial charge in [-0.05, 0) is 24.3 Å². The third-order valence-corrected chi connectivity index (χ3v) is 3.67. The highest BCUT2D eigenvalue weighted by Crippen LogP contribution is 2.21. The number of thioether (sulfide) groups is 1. The van der Waals surface area contributed by atoms with Crippen molar-refractivity contribution < 1.29 is 0 Å². The summed E-state index contributed by atoms with van der Waals surface area (Å²) in [6.07, 6.45) is 3.07. The fraction of sp³-hybridized carbons (Fsp3) is 0.545. The lowest BCUT2D eigenvalue weighted by Crippen LogP contribution is -2.27. The van der Waals surface area contributed by atoms with E-state index in [1.54, 1.807) is 0 Å². The van der Waals surface area contributed by atoms with Crippen molar-refractivity contribution in [2.24, 2.45) is 5.73 Å². The number of aromatic nitrogens is 1. The van der Waals surface area contributed by atoms with Gasteiger partial charge in [-0.1, -0.05) is 0 Å². The van der Waals surface area contributed by atoms with E-state index in [-0.39, 0.29) is 0 Å². The Hall–Kier alpha value is -0.740. The molecule has 15 heavy (non-hydrogen) atoms. The van der Waals surface area contributed by atoms with Gasteiger partial charge in [0.2, 0.25) is 0 Å². The zero-order valence-electron chi connectivity index (χ0n) is 8.85. The molecule has 0 bridgehead atoms. The van der Waals surface area contributed by atoms with E-state index in [1.165, 1.54) is 23.6 Å². The van der Waals surface area contributed by atoms with Crippen LogP contribution in [0.5, 0.6) is 0 Å². The number of anilines is 1. The second-order valence-electron chi connectivity index (χ2n) is 3.63. The number of nitrogens with two attached hydrogens (primary N) is 1. The summed E-state index contributed by atoms with van der Waals surface area (Å²) in [5.74, 6) is 2.48. The average Bonchev–Trinajstić information content (AvgIpc) is 2.57. The normalized spacial score (nSPS) is 17.5. The van der Waals surface area contributed by atoms with Crippen LogP contribution < -0.4 is 10.6 Å². The lowest BCUT2D eigenvalue weighted by molar-refractivity contribution is 0.801. The minimum Gasteiger partial charge on any atom is -0.369 e. The Kier molecular flexibility index (Phi) is 3.86. The van der Waals surface area contributed by atoms with E-state index in [2.05, 4.69) is 16.0 Å². The topological polar surface area (TPSA) is 42.1 Å². The van der Waals surface area contributed by atoms with Crippen LogP contribution in [0.2, 0.25) is 0 Å². The summed E-state index contributed by atoms with van der Waals surface area (Å²) in [7, 11) is 0. The molecule has 0 radical (unpaired) electrons. The summed E-state index contributed by atoms with van der Waals surface area (Å²) in [4.78, 5) is 6.74. The molecule has 0 aromatic carbocycles. The number of hydrogen-bond donors (Lipinski definition) is 1. The molecule has 1 aliphatic heterocycles. The first kappa shape index (κ1) is 10.8. The highest BCUT2D eigenvalue weighted by atomic mass is 32.2. The lowest BCUT2D eigenvalue weighted by atomic mass is 10.2. The SMILES string of the molecule is NCc1ncccc1N1CCCSCC1. The van der Waals surface area contributed by atoms with E-state index in [0.717, 1.165) is 18.8 Å². The predicted octanol–water partition coefficient (Wildman–Crippen LogP) is 1.48. The number of hydrogen-bond acceptors (Lipinski definition) is 4. The summed E-state index contributed by atoms with van der Waals surface area (Å²) in [6, 6.07) is 4.12. The lowest BCUT2D eigenvalue weighted by Gasteiger charge is -2.24. The van der Waals surface area contributed by atoms with Gasteiger partial charge in [0.25, 0.3) is 0 Å². The maximum atomic E-state index is 5.70. The van der Waals surface area contributed by atoms with Crippen LogP contribution in [0.3, 0.4) is 0 Å². The Morgan fingerprint density at radius 2 is 2.33 bits per heavy atom. The molecule has 0 amide bonds. The molecule has 1 aromatic heterocycles. The van der Waals surface area contributed by atoms with Crippen LogP contribution in [0.25, 0.3) is 0 Å². The van der Waals surface area contributed by atoms with Crippen LogP contribution in [0, 0.1) is 0 Å². The molecule has 82 valence electrons. The van der Waals surface area contributed by atoms with Crippen LogP contribution in [0.4, 0.5) is 5.69 Å². The summed E-state index contributed by atoms with van der Waals surface area (Å²) < 4.78 is 0. The summed E-state index contributed by atoms with van der Waals surface area (Å²) in [5.41, 5.74) is 7.94. The van der Waals surface area contributed by atoms with Crippen molar-refractivity contribution in [2.45, 2.75) is 13.0 Å². The van der Waals surface area contributed by atoms with Crippen molar-refractivity contribution in [3.63, 3.8) is 0 Å². The molecule has 1 aliphatic rings. The van der Waals surface area contributed by atoms with E-state index in [0.29, 0.717) is 6.54 Å². The Balaban J connectivity index is 2.18. The van der Waals surface area contributed by atoms with Crippen molar-refractivity contribution in [1.29, 1.82) is 0 Å². The molecule has 3 nitrogen and oxygen atoms in total. The molecule has 1 fully saturated rings. The van der Waals surface area contributed by atoms with Gasteiger partial charge in [0.1, 0.15) is 0 Å². The van der Waals surface area contributed by atoms with Crippen LogP contribution in [0.1, 0.15) is 12.1 Å². The third-order valence-electron chi connectivity index (χ3n) is 2.62. The number of rotatable bonds is 2. The maximum absolute atomic E-state index is 5.70. The van der Waals surface area contributed by atoms with Gasteiger partial charge in [0.05, 0.1) is 11.4 Å². The highest BCUT2D eigenvalue weighted by molar-refractivity contribution is 7.99. The molecule has 4 heteroatoms. The van der Waals surface area contributed by atoms with E-state index in [4.69, 9.17) is 5.73 Å². The third kappa shape index (κ3) is 2.63. The summed E-state index contributed by atoms with van der Waals surface area (Å²) in [5, 5.41) is 0. The van der Waals surface area contributed by atoms with Gasteiger partial charge in [-0.3, -0.25) is 4.98 Å². The Morgan fingerprint density at radius 3 is 3.20 bits per heavy atom. The van der Waals surface area contributed by atoms with Crippen molar-refractivity contribution in [1.82, 2.24) is 4.98 Å². The van der Waals surface area contributed by atoms with Gasteiger partial charge in [-0.25, -0.2) is 0 Å². The van der Waals surface area contributed by atoms with Crippen molar-refractivity contribution in [3.05, 3.63) is 24.0 Å². The first-order valence-corrected chi connectivity index (χ1v) is 6.54. The standard InChI is InChI=1S/C11H17N3S/c12-9-10-11(3-1-4-13-10)14-5-2-7-15-8-6-14/h1,3-4H,2,5-9,12H2. The van der Waals surface area contributed by atoms with E-state index in [9.17, 15) is 0 Å². The smallest absolute Gasteiger partial charge is 0.0772 e. The van der Waals surface area contributed by atoms with Gasteiger partial charge in [0, 0.05) is 31.6 Å². The monoisotopic (exact) mass is 223 g/mol. The zero-order valence-corrected chi connectivity index (χ0v) is 9.67. The molecule has 0 aliphatic carbocycles. The largest absolute Gasteiger partial charge is 0.369 e. The molecule has 2 N–H and O–H groups in total. The molecule has 2 rings (SSSR count). The highest BCUT2D eigenvalue weighted by Gasteiger charge is 2.12. The number of nitrogens with zero attached hydrogens (tertiary/aromatic N) is 2. The Bertz CT molecular complexity index is 308. The zero-order chi connectivity index (χ0) is 10.5. The molecular formula is C11H17N3S. The molecule has 1 aromatic rings. The van der Waals surface area contributed by atoms with Gasteiger partial charge in [-0.15, -0.1) is 0 Å². The van der Waals surface area contributed by atoms with Crippen LogP contribution in [-0.2, 0) is 6.54 Å². The van der Waals surface area contributed by atoms with Gasteiger partial charge < -0.3 is 10.6 Å². The first-order chi connectivity index (χ1) is 7.42. The minimum absolute atomic E-state index is 0.528. The second-order valence-corrected chi connectivity index (χ2v) is 4.85. The van der Waals surface area contributed by atoms with Crippen molar-refractivity contribution >= 4 is 17.4 Å². The average molecular weight is 223 g/mol. The maximum Gasteiger partial charge on any atom is 0.0772 e. The van der Waals surface area contributed by atoms with Crippen LogP contribution in [0.15, 0.2) is 18.3 Å². The minimum atomic E-state index is 0.528. The molecule has 0 atom stereocenters. The summed E-state index contributed by atoms with van der Waals surface area (Å²) in [6.45, 7) is 2.77. The van der Waals surface area contributed by atoms with Crippen molar-refractivity contribution in [2.75, 3.05) is 29.5 Å². The van der Waals surface area contributed by atoms with Crippen LogP contribution in [-0.4, -0.2) is 29.6 Å². The molecule has 0 saturated carbocycles. The van der Waals surface area contributed by atoms with Gasteiger partial charge in [0.15, 0.2) is 0 Å². The summed E-state index contributed by atoms with van der Waals surface area (Å²) >= 11 is 2.03. The van der Waals surface area contributed by atoms with E-state index >= 15 is 0 Å². The molecule has 2 heterocycles. The van der Waals surface area contributed by atoms with Gasteiger partial charge >= 0.3 is 0 Å². The molecular weight excluding hydrogens is 206 g/mol. The quantitative estimate of drug-likeness (QED) is 0.824. The molecule has 1 saturated heterocycles. The molecule has 0 unspecified atom stereocenters. The Labute approximate surface area is 95.1 Å².